The monoisotopic (exact) mass is 258 g/mol. The lowest BCUT2D eigenvalue weighted by atomic mass is 10.1. The molecule has 1 unspecified atom stereocenters. The molecule has 0 amide bonds. The molecular weight excluding hydrogens is 243 g/mol. The summed E-state index contributed by atoms with van der Waals surface area (Å²) in [6.07, 6.45) is 2.25. The molecule has 0 saturated carbocycles. The second-order valence-electron chi connectivity index (χ2n) is 4.38. The van der Waals surface area contributed by atoms with Gasteiger partial charge in [-0.15, -0.1) is 0 Å². The van der Waals surface area contributed by atoms with E-state index in [1.165, 1.54) is 12.3 Å². The Balaban J connectivity index is 2.25. The smallest absolute Gasteiger partial charge is 0.151 e. The van der Waals surface area contributed by atoms with Crippen molar-refractivity contribution in [1.29, 1.82) is 0 Å². The number of nitrogens with zero attached hydrogens (tertiary/aromatic N) is 2. The molecule has 4 heteroatoms. The van der Waals surface area contributed by atoms with Gasteiger partial charge in [0.05, 0.1) is 6.04 Å². The minimum absolute atomic E-state index is 0.143. The van der Waals surface area contributed by atoms with Crippen molar-refractivity contribution in [2.24, 2.45) is 0 Å². The summed E-state index contributed by atoms with van der Waals surface area (Å²) in [5, 5.41) is 0. The average Bonchev–Trinajstić information content (AvgIpc) is 2.46. The van der Waals surface area contributed by atoms with Crippen LogP contribution in [0.1, 0.15) is 28.9 Å². The zero-order chi connectivity index (χ0) is 13.8. The molecule has 1 aromatic carbocycles. The first-order chi connectivity index (χ1) is 9.13. The molecule has 0 spiro atoms. The van der Waals surface area contributed by atoms with E-state index in [2.05, 4.69) is 4.98 Å². The van der Waals surface area contributed by atoms with E-state index in [1.807, 2.05) is 24.9 Å². The van der Waals surface area contributed by atoms with Gasteiger partial charge in [-0.2, -0.15) is 0 Å². The van der Waals surface area contributed by atoms with Crippen molar-refractivity contribution in [1.82, 2.24) is 4.98 Å². The maximum absolute atomic E-state index is 13.7. The van der Waals surface area contributed by atoms with E-state index in [1.54, 1.807) is 24.3 Å². The summed E-state index contributed by atoms with van der Waals surface area (Å²) in [5.74, 6) is 0.465. The molecule has 1 aromatic heterocycles. The number of carbonyl (C=O) groups is 1. The molecule has 98 valence electrons. The summed E-state index contributed by atoms with van der Waals surface area (Å²) in [6.45, 7) is 1.91. The molecule has 0 radical (unpaired) electrons. The summed E-state index contributed by atoms with van der Waals surface area (Å²) in [4.78, 5) is 16.7. The van der Waals surface area contributed by atoms with Crippen molar-refractivity contribution < 1.29 is 9.18 Å². The molecule has 0 aliphatic rings. The molecule has 0 N–H and O–H groups in total. The molecule has 0 saturated heterocycles. The maximum Gasteiger partial charge on any atom is 0.151 e. The van der Waals surface area contributed by atoms with E-state index in [-0.39, 0.29) is 11.9 Å². The lowest BCUT2D eigenvalue weighted by Crippen LogP contribution is -2.23. The number of aldehydes is 1. The SMILES string of the molecule is CC(c1ccccc1F)N(C)c1ccc(C=O)cn1. The van der Waals surface area contributed by atoms with Crippen molar-refractivity contribution in [3.8, 4) is 0 Å². The molecule has 1 atom stereocenters. The van der Waals surface area contributed by atoms with Crippen LogP contribution in [-0.4, -0.2) is 18.3 Å². The van der Waals surface area contributed by atoms with E-state index >= 15 is 0 Å². The maximum atomic E-state index is 13.7. The lowest BCUT2D eigenvalue weighted by molar-refractivity contribution is 0.112. The predicted octanol–water partition coefficient (Wildman–Crippen LogP) is 3.23. The molecule has 0 bridgehead atoms. The fraction of sp³-hybridized carbons (Fsp3) is 0.200. The lowest BCUT2D eigenvalue weighted by Gasteiger charge is -2.26. The molecule has 1 heterocycles. The van der Waals surface area contributed by atoms with Gasteiger partial charge in [0.25, 0.3) is 0 Å². The molecule has 0 fully saturated rings. The minimum Gasteiger partial charge on any atom is -0.353 e. The van der Waals surface area contributed by atoms with Gasteiger partial charge in [-0.1, -0.05) is 18.2 Å². The molecule has 0 aliphatic carbocycles. The summed E-state index contributed by atoms with van der Waals surface area (Å²) in [7, 11) is 1.85. The van der Waals surface area contributed by atoms with Crippen LogP contribution < -0.4 is 4.90 Å². The highest BCUT2D eigenvalue weighted by Gasteiger charge is 2.16. The van der Waals surface area contributed by atoms with Crippen LogP contribution in [0, 0.1) is 5.82 Å². The number of hydrogen-bond donors (Lipinski definition) is 0. The molecule has 0 aliphatic heterocycles. The van der Waals surface area contributed by atoms with Crippen molar-refractivity contribution in [3.63, 3.8) is 0 Å². The van der Waals surface area contributed by atoms with E-state index in [0.717, 1.165) is 6.29 Å². The van der Waals surface area contributed by atoms with Gasteiger partial charge in [0.1, 0.15) is 11.6 Å². The Labute approximate surface area is 111 Å². The number of carbonyl (C=O) groups excluding carboxylic acids is 1. The highest BCUT2D eigenvalue weighted by atomic mass is 19.1. The Hall–Kier alpha value is -2.23. The first kappa shape index (κ1) is 13.2. The summed E-state index contributed by atoms with van der Waals surface area (Å²) in [6, 6.07) is 9.99. The van der Waals surface area contributed by atoms with Crippen LogP contribution in [0.3, 0.4) is 0 Å². The minimum atomic E-state index is -0.230. The van der Waals surface area contributed by atoms with Gasteiger partial charge >= 0.3 is 0 Å². The Bertz CT molecular complexity index is 569. The molecule has 3 nitrogen and oxygen atoms in total. The number of hydrogen-bond acceptors (Lipinski definition) is 3. The second-order valence-corrected chi connectivity index (χ2v) is 4.38. The van der Waals surface area contributed by atoms with Crippen LogP contribution in [-0.2, 0) is 0 Å². The summed E-state index contributed by atoms with van der Waals surface area (Å²) < 4.78 is 13.7. The summed E-state index contributed by atoms with van der Waals surface area (Å²) in [5.41, 5.74) is 1.14. The largest absolute Gasteiger partial charge is 0.353 e. The number of anilines is 1. The van der Waals surface area contributed by atoms with Gasteiger partial charge in [0.15, 0.2) is 6.29 Å². The second kappa shape index (κ2) is 5.61. The Kier molecular flexibility index (Phi) is 3.90. The number of benzene rings is 1. The van der Waals surface area contributed by atoms with Gasteiger partial charge in [-0.25, -0.2) is 9.37 Å². The van der Waals surface area contributed by atoms with E-state index in [4.69, 9.17) is 0 Å². The fourth-order valence-corrected chi connectivity index (χ4v) is 1.90. The van der Waals surface area contributed by atoms with Crippen LogP contribution >= 0.6 is 0 Å². The summed E-state index contributed by atoms with van der Waals surface area (Å²) >= 11 is 0. The number of halogens is 1. The van der Waals surface area contributed by atoms with Crippen molar-refractivity contribution in [2.75, 3.05) is 11.9 Å². The third kappa shape index (κ3) is 2.78. The molecular formula is C15H15FN2O. The van der Waals surface area contributed by atoms with E-state index < -0.39 is 0 Å². The van der Waals surface area contributed by atoms with Crippen LogP contribution in [0.5, 0.6) is 0 Å². The van der Waals surface area contributed by atoms with Gasteiger partial charge in [0, 0.05) is 24.4 Å². The number of aromatic nitrogens is 1. The molecule has 19 heavy (non-hydrogen) atoms. The average molecular weight is 258 g/mol. The molecule has 2 rings (SSSR count). The van der Waals surface area contributed by atoms with Crippen molar-refractivity contribution >= 4 is 12.1 Å². The van der Waals surface area contributed by atoms with Gasteiger partial charge in [-0.05, 0) is 25.1 Å². The first-order valence-electron chi connectivity index (χ1n) is 6.02. The van der Waals surface area contributed by atoms with Crippen molar-refractivity contribution in [3.05, 3.63) is 59.5 Å². The standard InChI is InChI=1S/C15H15FN2O/c1-11(13-5-3-4-6-14(13)16)18(2)15-8-7-12(10-19)9-17-15/h3-11H,1-2H3. The zero-order valence-corrected chi connectivity index (χ0v) is 10.9. The van der Waals surface area contributed by atoms with E-state index in [0.29, 0.717) is 16.9 Å². The third-order valence-electron chi connectivity index (χ3n) is 3.20. The van der Waals surface area contributed by atoms with Crippen LogP contribution in [0.2, 0.25) is 0 Å². The van der Waals surface area contributed by atoms with Crippen molar-refractivity contribution in [2.45, 2.75) is 13.0 Å². The zero-order valence-electron chi connectivity index (χ0n) is 10.9. The van der Waals surface area contributed by atoms with Gasteiger partial charge < -0.3 is 4.90 Å². The predicted molar refractivity (Wildman–Crippen MR) is 72.8 cm³/mol. The van der Waals surface area contributed by atoms with Crippen LogP contribution in [0.4, 0.5) is 10.2 Å². The van der Waals surface area contributed by atoms with Gasteiger partial charge in [0.2, 0.25) is 0 Å². The Morgan fingerprint density at radius 2 is 2.00 bits per heavy atom. The Morgan fingerprint density at radius 3 is 2.58 bits per heavy atom. The normalized spacial score (nSPS) is 11.9. The van der Waals surface area contributed by atoms with E-state index in [9.17, 15) is 9.18 Å². The third-order valence-corrected chi connectivity index (χ3v) is 3.20. The van der Waals surface area contributed by atoms with Crippen LogP contribution in [0.15, 0.2) is 42.6 Å². The fourth-order valence-electron chi connectivity index (χ4n) is 1.90. The number of rotatable bonds is 4. The highest BCUT2D eigenvalue weighted by molar-refractivity contribution is 5.74. The quantitative estimate of drug-likeness (QED) is 0.789. The number of pyridine rings is 1. The van der Waals surface area contributed by atoms with Gasteiger partial charge in [-0.3, -0.25) is 4.79 Å². The topological polar surface area (TPSA) is 33.2 Å². The van der Waals surface area contributed by atoms with Crippen LogP contribution in [0.25, 0.3) is 0 Å². The Morgan fingerprint density at radius 1 is 1.26 bits per heavy atom. The first-order valence-corrected chi connectivity index (χ1v) is 6.02. The molecule has 2 aromatic rings. The highest BCUT2D eigenvalue weighted by Crippen LogP contribution is 2.25.